The Morgan fingerprint density at radius 1 is 1.30 bits per heavy atom. The van der Waals surface area contributed by atoms with Gasteiger partial charge in [-0.05, 0) is 56.7 Å². The lowest BCUT2D eigenvalue weighted by Crippen LogP contribution is -2.02. The summed E-state index contributed by atoms with van der Waals surface area (Å²) in [6.45, 7) is 0.645. The zero-order valence-electron chi connectivity index (χ0n) is 10.2. The summed E-state index contributed by atoms with van der Waals surface area (Å²) in [5, 5.41) is 4.52. The first kappa shape index (κ1) is 16.1. The lowest BCUT2D eigenvalue weighted by Gasteiger charge is -2.05. The molecule has 0 unspecified atom stereocenters. The minimum atomic E-state index is 0.644. The van der Waals surface area contributed by atoms with Gasteiger partial charge in [-0.3, -0.25) is 0 Å². The first-order valence-corrected chi connectivity index (χ1v) is 8.36. The Balaban J connectivity index is 2.01. The molecule has 6 heteroatoms. The van der Waals surface area contributed by atoms with Crippen molar-refractivity contribution in [3.8, 4) is 0 Å². The van der Waals surface area contributed by atoms with Gasteiger partial charge >= 0.3 is 0 Å². The summed E-state index contributed by atoms with van der Waals surface area (Å²) in [6, 6.07) is 7.47. The van der Waals surface area contributed by atoms with E-state index in [0.717, 1.165) is 19.4 Å². The van der Waals surface area contributed by atoms with E-state index in [9.17, 15) is 0 Å². The lowest BCUT2D eigenvalue weighted by atomic mass is 10.2. The Morgan fingerprint density at radius 3 is 2.65 bits per heavy atom. The first-order chi connectivity index (χ1) is 9.58. The maximum Gasteiger partial charge on any atom is 0.139 e. The van der Waals surface area contributed by atoms with Crippen LogP contribution in [0.4, 0.5) is 5.82 Å². The number of halogens is 4. The number of nitrogens with zero attached hydrogens (tertiary/aromatic N) is 1. The number of anilines is 1. The average molecular weight is 484 g/mol. The smallest absolute Gasteiger partial charge is 0.139 e. The molecule has 1 N–H and O–H groups in total. The molecule has 0 saturated carbocycles. The summed E-state index contributed by atoms with van der Waals surface area (Å²) < 4.78 is 2.02. The standard InChI is InChI=1S/C14H10BrCl2IN2/c15-9-7-13(18)14(20-8-9)19-6-2-3-10-11(16)4-1-5-12(10)17/h1-5,7-8H,6H2,(H,19,20)/b3-2+. The summed E-state index contributed by atoms with van der Waals surface area (Å²) in [6.07, 6.45) is 5.63. The van der Waals surface area contributed by atoms with E-state index in [1.807, 2.05) is 36.4 Å². The number of aromatic nitrogens is 1. The highest BCUT2D eigenvalue weighted by atomic mass is 127. The highest BCUT2D eigenvalue weighted by Crippen LogP contribution is 2.25. The molecule has 20 heavy (non-hydrogen) atoms. The molecule has 0 atom stereocenters. The summed E-state index contributed by atoms with van der Waals surface area (Å²) >= 11 is 17.8. The van der Waals surface area contributed by atoms with Gasteiger partial charge in [0.15, 0.2) is 0 Å². The van der Waals surface area contributed by atoms with Crippen LogP contribution in [0.2, 0.25) is 10.0 Å². The summed E-state index contributed by atoms with van der Waals surface area (Å²) in [4.78, 5) is 4.31. The van der Waals surface area contributed by atoms with Gasteiger partial charge in [0.1, 0.15) is 5.82 Å². The minimum absolute atomic E-state index is 0.644. The molecule has 0 radical (unpaired) electrons. The number of benzene rings is 1. The molecule has 0 aliphatic rings. The van der Waals surface area contributed by atoms with Crippen LogP contribution in [0.5, 0.6) is 0 Å². The van der Waals surface area contributed by atoms with E-state index in [4.69, 9.17) is 23.2 Å². The number of rotatable bonds is 4. The second-order valence-corrected chi connectivity index (χ2v) is 6.79. The molecule has 2 nitrogen and oxygen atoms in total. The average Bonchev–Trinajstić information content (AvgIpc) is 2.39. The van der Waals surface area contributed by atoms with Gasteiger partial charge < -0.3 is 5.32 Å². The van der Waals surface area contributed by atoms with Gasteiger partial charge in [0, 0.05) is 32.8 Å². The molecule has 2 rings (SSSR count). The molecule has 1 heterocycles. The summed E-state index contributed by atoms with van der Waals surface area (Å²) in [5.74, 6) is 0.851. The minimum Gasteiger partial charge on any atom is -0.366 e. The second-order valence-electron chi connectivity index (χ2n) is 3.90. The van der Waals surface area contributed by atoms with Crippen molar-refractivity contribution >= 4 is 73.6 Å². The summed E-state index contributed by atoms with van der Waals surface area (Å²) in [5.41, 5.74) is 0.830. The van der Waals surface area contributed by atoms with Crippen molar-refractivity contribution in [1.29, 1.82) is 0 Å². The predicted molar refractivity (Wildman–Crippen MR) is 98.6 cm³/mol. The third-order valence-corrected chi connectivity index (χ3v) is 4.39. The molecular formula is C14H10BrCl2IN2. The van der Waals surface area contributed by atoms with Gasteiger partial charge in [0.2, 0.25) is 0 Å². The van der Waals surface area contributed by atoms with Gasteiger partial charge in [0.05, 0.1) is 3.57 Å². The molecule has 2 aromatic rings. The van der Waals surface area contributed by atoms with Crippen LogP contribution in [-0.2, 0) is 0 Å². The highest BCUT2D eigenvalue weighted by molar-refractivity contribution is 14.1. The fraction of sp³-hybridized carbons (Fsp3) is 0.0714. The molecule has 0 spiro atoms. The third-order valence-electron chi connectivity index (χ3n) is 2.48. The third kappa shape index (κ3) is 4.35. The van der Waals surface area contributed by atoms with Gasteiger partial charge in [0.25, 0.3) is 0 Å². The van der Waals surface area contributed by atoms with E-state index in [-0.39, 0.29) is 0 Å². The van der Waals surface area contributed by atoms with E-state index in [1.54, 1.807) is 6.20 Å². The van der Waals surface area contributed by atoms with Crippen LogP contribution < -0.4 is 5.32 Å². The molecule has 1 aromatic heterocycles. The molecule has 0 aliphatic carbocycles. The topological polar surface area (TPSA) is 24.9 Å². The largest absolute Gasteiger partial charge is 0.366 e. The van der Waals surface area contributed by atoms with Crippen molar-refractivity contribution in [3.63, 3.8) is 0 Å². The Labute approximate surface area is 149 Å². The van der Waals surface area contributed by atoms with Gasteiger partial charge in [-0.25, -0.2) is 4.98 Å². The zero-order valence-corrected chi connectivity index (χ0v) is 15.5. The second kappa shape index (κ2) is 7.64. The van der Waals surface area contributed by atoms with Crippen LogP contribution >= 0.6 is 61.7 Å². The van der Waals surface area contributed by atoms with Crippen molar-refractivity contribution in [2.24, 2.45) is 0 Å². The Hall–Kier alpha value is -0.300. The fourth-order valence-electron chi connectivity index (χ4n) is 1.55. The fourth-order valence-corrected chi connectivity index (χ4v) is 3.50. The van der Waals surface area contributed by atoms with Crippen LogP contribution in [0, 0.1) is 3.57 Å². The highest BCUT2D eigenvalue weighted by Gasteiger charge is 2.02. The number of nitrogens with one attached hydrogen (secondary N) is 1. The van der Waals surface area contributed by atoms with Crippen LogP contribution in [-0.4, -0.2) is 11.5 Å². The van der Waals surface area contributed by atoms with Crippen molar-refractivity contribution in [1.82, 2.24) is 4.98 Å². The normalized spacial score (nSPS) is 11.0. The van der Waals surface area contributed by atoms with Crippen LogP contribution in [0.25, 0.3) is 6.08 Å². The quantitative estimate of drug-likeness (QED) is 0.549. The van der Waals surface area contributed by atoms with Crippen molar-refractivity contribution in [2.75, 3.05) is 11.9 Å². The number of hydrogen-bond donors (Lipinski definition) is 1. The molecule has 0 amide bonds. The van der Waals surface area contributed by atoms with Gasteiger partial charge in [-0.1, -0.05) is 41.4 Å². The van der Waals surface area contributed by atoms with E-state index < -0.39 is 0 Å². The van der Waals surface area contributed by atoms with E-state index in [2.05, 4.69) is 48.8 Å². The van der Waals surface area contributed by atoms with E-state index in [1.165, 1.54) is 0 Å². The summed E-state index contributed by atoms with van der Waals surface area (Å²) in [7, 11) is 0. The maximum atomic E-state index is 6.09. The van der Waals surface area contributed by atoms with Crippen molar-refractivity contribution < 1.29 is 0 Å². The lowest BCUT2D eigenvalue weighted by molar-refractivity contribution is 1.21. The molecular weight excluding hydrogens is 474 g/mol. The van der Waals surface area contributed by atoms with E-state index >= 15 is 0 Å². The molecule has 0 bridgehead atoms. The Kier molecular flexibility index (Phi) is 6.14. The van der Waals surface area contributed by atoms with Crippen LogP contribution in [0.3, 0.4) is 0 Å². The molecule has 0 fully saturated rings. The predicted octanol–water partition coefficient (Wildman–Crippen LogP) is 5.88. The Morgan fingerprint density at radius 2 is 2.00 bits per heavy atom. The van der Waals surface area contributed by atoms with Crippen LogP contribution in [0.15, 0.2) is 41.0 Å². The van der Waals surface area contributed by atoms with Crippen molar-refractivity contribution in [2.45, 2.75) is 0 Å². The maximum absolute atomic E-state index is 6.09. The van der Waals surface area contributed by atoms with E-state index in [0.29, 0.717) is 16.6 Å². The van der Waals surface area contributed by atoms with Crippen LogP contribution in [0.1, 0.15) is 5.56 Å². The molecule has 0 saturated heterocycles. The monoisotopic (exact) mass is 482 g/mol. The molecule has 104 valence electrons. The molecule has 0 aliphatic heterocycles. The zero-order chi connectivity index (χ0) is 14.5. The first-order valence-electron chi connectivity index (χ1n) is 5.73. The SMILES string of the molecule is Clc1cccc(Cl)c1/C=C/CNc1ncc(Br)cc1I. The number of pyridine rings is 1. The Bertz CT molecular complexity index is 627. The number of hydrogen-bond acceptors (Lipinski definition) is 2. The van der Waals surface area contributed by atoms with Gasteiger partial charge in [-0.2, -0.15) is 0 Å². The van der Waals surface area contributed by atoms with Crippen molar-refractivity contribution in [3.05, 3.63) is 60.2 Å². The molecule has 1 aromatic carbocycles. The van der Waals surface area contributed by atoms with Gasteiger partial charge in [-0.15, -0.1) is 0 Å².